The van der Waals surface area contributed by atoms with Gasteiger partial charge in [-0.25, -0.2) is 0 Å². The summed E-state index contributed by atoms with van der Waals surface area (Å²) in [4.78, 5) is 0. The molecule has 0 saturated heterocycles. The second kappa shape index (κ2) is 3.66. The Morgan fingerprint density at radius 2 is 1.89 bits per heavy atom. The minimum Gasteiger partial charge on any atom is -0.445 e. The first-order chi connectivity index (χ1) is 3.95. The third-order valence-electron chi connectivity index (χ3n) is 0.497. The fourth-order valence-electron chi connectivity index (χ4n) is 0.250. The van der Waals surface area contributed by atoms with Crippen molar-refractivity contribution in [1.82, 2.24) is 0 Å². The van der Waals surface area contributed by atoms with Crippen molar-refractivity contribution in [2.45, 2.75) is 0 Å². The summed E-state index contributed by atoms with van der Waals surface area (Å²) >= 11 is 5.58. The van der Waals surface area contributed by atoms with Crippen molar-refractivity contribution in [2.24, 2.45) is 0 Å². The lowest BCUT2D eigenvalue weighted by molar-refractivity contribution is 0.498. The minimum absolute atomic E-state index is 0.120. The third-order valence-corrected chi connectivity index (χ3v) is 2.40. The van der Waals surface area contributed by atoms with Gasteiger partial charge in [0.15, 0.2) is 0 Å². The lowest BCUT2D eigenvalue weighted by atomic mass is 9.92. The second-order valence-electron chi connectivity index (χ2n) is 1.37. The maximum Gasteiger partial charge on any atom is 0.503 e. The molecule has 54 valence electrons. The Bertz CT molecular complexity index is 119. The Morgan fingerprint density at radius 1 is 1.44 bits per heavy atom. The van der Waals surface area contributed by atoms with Crippen LogP contribution in [0.2, 0.25) is 0 Å². The number of rotatable bonds is 2. The van der Waals surface area contributed by atoms with Crippen molar-refractivity contribution in [3.05, 3.63) is 10.5 Å². The monoisotopic (exact) mass is 265 g/mol. The number of hydrogen-bond donors (Lipinski definition) is 0. The average Bonchev–Trinajstić information content (AvgIpc) is 1.62. The van der Waals surface area contributed by atoms with Crippen LogP contribution in [0.4, 0.5) is 12.9 Å². The quantitative estimate of drug-likeness (QED) is 0.532. The largest absolute Gasteiger partial charge is 0.503 e. The molecule has 0 aromatic heterocycles. The van der Waals surface area contributed by atoms with E-state index in [9.17, 15) is 12.9 Å². The second-order valence-corrected chi connectivity index (χ2v) is 2.95. The molecular weight excluding hydrogens is 264 g/mol. The summed E-state index contributed by atoms with van der Waals surface area (Å²) in [5, 5.41) is 0.203. The number of hydrogen-bond acceptors (Lipinski definition) is 0. The molecule has 0 aromatic rings. The zero-order chi connectivity index (χ0) is 7.49. The molecule has 0 spiro atoms. The Labute approximate surface area is 67.8 Å². The van der Waals surface area contributed by atoms with Gasteiger partial charge in [-0.2, -0.15) is 0 Å². The number of halogens is 5. The van der Waals surface area contributed by atoms with Crippen molar-refractivity contribution in [1.29, 1.82) is 0 Å². The Hall–Kier alpha value is 0.555. The first-order valence-corrected chi connectivity index (χ1v) is 4.00. The molecule has 0 aliphatic carbocycles. The summed E-state index contributed by atoms with van der Waals surface area (Å²) in [5.41, 5.74) is 0. The van der Waals surface area contributed by atoms with Gasteiger partial charge in [-0.15, -0.1) is 5.98 Å². The Morgan fingerprint density at radius 3 is 2.00 bits per heavy atom. The molecule has 0 aliphatic heterocycles. The molecule has 0 amide bonds. The molecule has 0 rings (SSSR count). The van der Waals surface area contributed by atoms with Gasteiger partial charge < -0.3 is 12.9 Å². The van der Waals surface area contributed by atoms with Crippen LogP contribution in [0.3, 0.4) is 0 Å². The number of alkyl halides is 1. The van der Waals surface area contributed by atoms with Crippen LogP contribution >= 0.6 is 31.9 Å². The molecule has 0 heterocycles. The zero-order valence-electron chi connectivity index (χ0n) is 4.25. The van der Waals surface area contributed by atoms with Crippen molar-refractivity contribution in [3.63, 3.8) is 0 Å². The molecule has 0 fully saturated rings. The zero-order valence-corrected chi connectivity index (χ0v) is 7.42. The van der Waals surface area contributed by atoms with E-state index in [1.54, 1.807) is 0 Å². The van der Waals surface area contributed by atoms with E-state index in [-0.39, 0.29) is 15.8 Å². The first-order valence-electron chi connectivity index (χ1n) is 2.09. The van der Waals surface area contributed by atoms with Gasteiger partial charge in [-0.1, -0.05) is 31.9 Å². The van der Waals surface area contributed by atoms with E-state index in [0.717, 1.165) is 0 Å². The van der Waals surface area contributed by atoms with Crippen LogP contribution < -0.4 is 0 Å². The van der Waals surface area contributed by atoms with Crippen molar-refractivity contribution >= 4 is 38.8 Å². The summed E-state index contributed by atoms with van der Waals surface area (Å²) in [5.74, 6) is 0.259. The van der Waals surface area contributed by atoms with E-state index in [1.807, 2.05) is 0 Å². The van der Waals surface area contributed by atoms with Crippen LogP contribution in [0.15, 0.2) is 10.5 Å². The third kappa shape index (κ3) is 6.44. The topological polar surface area (TPSA) is 0 Å². The summed E-state index contributed by atoms with van der Waals surface area (Å²) in [6.45, 7) is -4.78. The predicted molar refractivity (Wildman–Crippen MR) is 39.9 cm³/mol. The van der Waals surface area contributed by atoms with E-state index in [2.05, 4.69) is 31.9 Å². The summed E-state index contributed by atoms with van der Waals surface area (Å²) in [6.07, 6.45) is 0. The molecule has 6 heteroatoms. The van der Waals surface area contributed by atoms with Crippen molar-refractivity contribution in [2.75, 3.05) is 5.33 Å². The molecule has 0 radical (unpaired) electrons. The van der Waals surface area contributed by atoms with Crippen molar-refractivity contribution in [3.8, 4) is 0 Å². The van der Waals surface area contributed by atoms with Gasteiger partial charge in [0.05, 0.1) is 0 Å². The Kier molecular flexibility index (Phi) is 3.88. The van der Waals surface area contributed by atoms with Crippen LogP contribution in [0.1, 0.15) is 0 Å². The number of allylic oxidation sites excluding steroid dienone is 1. The van der Waals surface area contributed by atoms with Gasteiger partial charge in [0.2, 0.25) is 0 Å². The van der Waals surface area contributed by atoms with Gasteiger partial charge in [0.1, 0.15) is 0 Å². The summed E-state index contributed by atoms with van der Waals surface area (Å²) in [7, 11) is 0. The highest BCUT2D eigenvalue weighted by atomic mass is 79.9. The lowest BCUT2D eigenvalue weighted by Crippen LogP contribution is -2.10. The SMILES string of the molecule is F[B-](F)(F)C=C(Br)CBr. The van der Waals surface area contributed by atoms with Crippen LogP contribution in [-0.4, -0.2) is 12.3 Å². The molecular formula is C3H3BBr2F3-. The van der Waals surface area contributed by atoms with Gasteiger partial charge in [0.25, 0.3) is 0 Å². The van der Waals surface area contributed by atoms with E-state index in [1.165, 1.54) is 0 Å². The van der Waals surface area contributed by atoms with E-state index in [0.29, 0.717) is 0 Å². The summed E-state index contributed by atoms with van der Waals surface area (Å²) in [6, 6.07) is 0. The maximum absolute atomic E-state index is 11.4. The smallest absolute Gasteiger partial charge is 0.445 e. The van der Waals surface area contributed by atoms with Gasteiger partial charge in [0, 0.05) is 5.33 Å². The van der Waals surface area contributed by atoms with Gasteiger partial charge in [-0.3, -0.25) is 0 Å². The van der Waals surface area contributed by atoms with Crippen LogP contribution in [0.5, 0.6) is 0 Å². The molecule has 0 aromatic carbocycles. The highest BCUT2D eigenvalue weighted by molar-refractivity contribution is 9.13. The van der Waals surface area contributed by atoms with Gasteiger partial charge >= 0.3 is 6.98 Å². The lowest BCUT2D eigenvalue weighted by Gasteiger charge is -2.07. The van der Waals surface area contributed by atoms with E-state index >= 15 is 0 Å². The molecule has 0 bridgehead atoms. The normalized spacial score (nSPS) is 14.1. The summed E-state index contributed by atoms with van der Waals surface area (Å²) < 4.78 is 34.4. The fourth-order valence-corrected chi connectivity index (χ4v) is 0.736. The van der Waals surface area contributed by atoms with Gasteiger partial charge in [-0.05, 0) is 4.48 Å². The average molecular weight is 267 g/mol. The fraction of sp³-hybridized carbons (Fsp3) is 0.333. The van der Waals surface area contributed by atoms with Crippen LogP contribution in [0.25, 0.3) is 0 Å². The van der Waals surface area contributed by atoms with Crippen LogP contribution in [0, 0.1) is 0 Å². The first kappa shape index (κ1) is 9.55. The molecule has 0 N–H and O–H groups in total. The predicted octanol–water partition coefficient (Wildman–Crippen LogP) is 3.05. The minimum atomic E-state index is -4.78. The molecule has 0 saturated carbocycles. The molecule has 0 nitrogen and oxygen atoms in total. The maximum atomic E-state index is 11.4. The van der Waals surface area contributed by atoms with Crippen molar-refractivity contribution < 1.29 is 12.9 Å². The van der Waals surface area contributed by atoms with Crippen LogP contribution in [-0.2, 0) is 0 Å². The molecule has 0 unspecified atom stereocenters. The highest BCUT2D eigenvalue weighted by Gasteiger charge is 2.18. The molecule has 0 atom stereocenters. The van der Waals surface area contributed by atoms with E-state index < -0.39 is 6.98 Å². The molecule has 9 heavy (non-hydrogen) atoms. The molecule has 0 aliphatic rings. The Balaban J connectivity index is 3.95. The van der Waals surface area contributed by atoms with E-state index in [4.69, 9.17) is 0 Å². The standard InChI is InChI=1S/C3H3BBr2F3/c5-2-3(6)1-4(7,8)9/h1H,2H2/q-1. The highest BCUT2D eigenvalue weighted by Crippen LogP contribution is 2.17.